The highest BCUT2D eigenvalue weighted by atomic mass is 32.1. The van der Waals surface area contributed by atoms with E-state index >= 15 is 0 Å². The molecule has 0 aliphatic rings. The van der Waals surface area contributed by atoms with E-state index in [9.17, 15) is 0 Å². The maximum absolute atomic E-state index is 5.89. The number of benzene rings is 1. The minimum absolute atomic E-state index is 0.708. The highest BCUT2D eigenvalue weighted by Crippen LogP contribution is 2.32. The van der Waals surface area contributed by atoms with Gasteiger partial charge in [-0.3, -0.25) is 0 Å². The molecule has 0 aliphatic carbocycles. The van der Waals surface area contributed by atoms with Crippen LogP contribution in [0.1, 0.15) is 5.56 Å². The summed E-state index contributed by atoms with van der Waals surface area (Å²) in [5.74, 6) is 0. The lowest BCUT2D eigenvalue weighted by atomic mass is 10.1. The predicted octanol–water partition coefficient (Wildman–Crippen LogP) is 2.89. The van der Waals surface area contributed by atoms with Crippen LogP contribution in [0.25, 0.3) is 10.4 Å². The summed E-state index contributed by atoms with van der Waals surface area (Å²) >= 11 is 1.70. The van der Waals surface area contributed by atoms with Gasteiger partial charge in [0, 0.05) is 21.8 Å². The van der Waals surface area contributed by atoms with Crippen LogP contribution in [-0.2, 0) is 0 Å². The molecule has 1 aromatic carbocycles. The Balaban J connectivity index is 2.52. The van der Waals surface area contributed by atoms with E-state index in [1.54, 1.807) is 17.4 Å². The van der Waals surface area contributed by atoms with Gasteiger partial charge in [0.2, 0.25) is 0 Å². The summed E-state index contributed by atoms with van der Waals surface area (Å²) < 4.78 is 0. The minimum atomic E-state index is 0.708. The van der Waals surface area contributed by atoms with Crippen molar-refractivity contribution in [2.45, 2.75) is 6.92 Å². The van der Waals surface area contributed by atoms with Gasteiger partial charge in [0.05, 0.1) is 0 Å². The first-order chi connectivity index (χ1) is 6.66. The highest BCUT2D eigenvalue weighted by Gasteiger charge is 2.04. The molecule has 1 heterocycles. The van der Waals surface area contributed by atoms with Crippen LogP contribution in [0.4, 0.5) is 11.4 Å². The van der Waals surface area contributed by atoms with Crippen molar-refractivity contribution >= 4 is 22.7 Å². The van der Waals surface area contributed by atoms with Crippen molar-refractivity contribution in [1.82, 2.24) is 0 Å². The number of hydrogen-bond acceptors (Lipinski definition) is 3. The normalized spacial score (nSPS) is 10.4. The van der Waals surface area contributed by atoms with Gasteiger partial charge in [-0.15, -0.1) is 11.3 Å². The molecule has 0 saturated heterocycles. The maximum Gasteiger partial charge on any atom is 0.0422 e. The molecule has 2 aromatic rings. The number of aryl methyl sites for hydroxylation is 1. The Labute approximate surface area is 87.2 Å². The average Bonchev–Trinajstić information content (AvgIpc) is 2.51. The summed E-state index contributed by atoms with van der Waals surface area (Å²) in [5, 5.41) is 2.12. The third kappa shape index (κ3) is 1.59. The monoisotopic (exact) mass is 204 g/mol. The summed E-state index contributed by atoms with van der Waals surface area (Å²) in [5.41, 5.74) is 15.3. The fourth-order valence-electron chi connectivity index (χ4n) is 1.38. The molecule has 4 N–H and O–H groups in total. The Bertz CT molecular complexity index is 460. The van der Waals surface area contributed by atoms with E-state index in [1.807, 2.05) is 12.1 Å². The van der Waals surface area contributed by atoms with Crippen molar-refractivity contribution in [3.8, 4) is 10.4 Å². The lowest BCUT2D eigenvalue weighted by Crippen LogP contribution is -1.91. The Morgan fingerprint density at radius 1 is 1.14 bits per heavy atom. The van der Waals surface area contributed by atoms with E-state index in [2.05, 4.69) is 18.4 Å². The largest absolute Gasteiger partial charge is 0.399 e. The van der Waals surface area contributed by atoms with Gasteiger partial charge >= 0.3 is 0 Å². The van der Waals surface area contributed by atoms with Crippen molar-refractivity contribution in [2.24, 2.45) is 0 Å². The van der Waals surface area contributed by atoms with Crippen molar-refractivity contribution in [3.05, 3.63) is 35.2 Å². The lowest BCUT2D eigenvalue weighted by Gasteiger charge is -2.03. The predicted molar refractivity (Wildman–Crippen MR) is 63.3 cm³/mol. The van der Waals surface area contributed by atoms with Gasteiger partial charge in [0.15, 0.2) is 0 Å². The quantitative estimate of drug-likeness (QED) is 0.702. The van der Waals surface area contributed by atoms with E-state index in [4.69, 9.17) is 11.5 Å². The Morgan fingerprint density at radius 3 is 2.50 bits per heavy atom. The first kappa shape index (κ1) is 9.09. The van der Waals surface area contributed by atoms with Crippen molar-refractivity contribution in [1.29, 1.82) is 0 Å². The number of hydrogen-bond donors (Lipinski definition) is 2. The molecule has 0 spiro atoms. The van der Waals surface area contributed by atoms with Gasteiger partial charge in [-0.1, -0.05) is 0 Å². The minimum Gasteiger partial charge on any atom is -0.399 e. The molecule has 0 amide bonds. The van der Waals surface area contributed by atoms with Gasteiger partial charge in [0.1, 0.15) is 0 Å². The van der Waals surface area contributed by atoms with E-state index in [-0.39, 0.29) is 0 Å². The number of thiophene rings is 1. The summed E-state index contributed by atoms with van der Waals surface area (Å²) in [6.45, 7) is 2.08. The average molecular weight is 204 g/mol. The smallest absolute Gasteiger partial charge is 0.0422 e. The van der Waals surface area contributed by atoms with Gasteiger partial charge in [-0.2, -0.15) is 0 Å². The van der Waals surface area contributed by atoms with Gasteiger partial charge in [-0.25, -0.2) is 0 Å². The molecule has 0 atom stereocenters. The van der Waals surface area contributed by atoms with Crippen LogP contribution in [0.2, 0.25) is 0 Å². The van der Waals surface area contributed by atoms with Crippen LogP contribution in [-0.4, -0.2) is 0 Å². The van der Waals surface area contributed by atoms with Gasteiger partial charge in [-0.05, 0) is 42.1 Å². The van der Waals surface area contributed by atoms with Crippen LogP contribution in [0.15, 0.2) is 29.6 Å². The van der Waals surface area contributed by atoms with Gasteiger partial charge in [0.25, 0.3) is 0 Å². The number of rotatable bonds is 1. The molecule has 0 bridgehead atoms. The van der Waals surface area contributed by atoms with Crippen molar-refractivity contribution in [2.75, 3.05) is 11.5 Å². The fourth-order valence-corrected chi connectivity index (χ4v) is 2.33. The second-order valence-electron chi connectivity index (χ2n) is 3.33. The maximum atomic E-state index is 5.89. The SMILES string of the molecule is Cc1csc(-c2ccc(N)cc2N)c1. The summed E-state index contributed by atoms with van der Waals surface area (Å²) in [4.78, 5) is 1.19. The molecular weight excluding hydrogens is 192 g/mol. The van der Waals surface area contributed by atoms with Crippen LogP contribution < -0.4 is 11.5 Å². The molecule has 1 aromatic heterocycles. The highest BCUT2D eigenvalue weighted by molar-refractivity contribution is 7.13. The molecule has 0 aliphatic heterocycles. The summed E-state index contributed by atoms with van der Waals surface area (Å²) in [6, 6.07) is 7.77. The molecule has 3 heteroatoms. The molecule has 2 nitrogen and oxygen atoms in total. The molecule has 72 valence electrons. The fraction of sp³-hybridized carbons (Fsp3) is 0.0909. The molecule has 0 unspecified atom stereocenters. The first-order valence-electron chi connectivity index (χ1n) is 4.37. The molecule has 0 fully saturated rings. The molecular formula is C11H12N2S. The topological polar surface area (TPSA) is 52.0 Å². The second-order valence-corrected chi connectivity index (χ2v) is 4.25. The second kappa shape index (κ2) is 3.35. The van der Waals surface area contributed by atoms with E-state index in [0.29, 0.717) is 5.69 Å². The third-order valence-corrected chi connectivity index (χ3v) is 3.15. The van der Waals surface area contributed by atoms with E-state index in [1.165, 1.54) is 10.4 Å². The summed E-state index contributed by atoms with van der Waals surface area (Å²) in [7, 11) is 0. The zero-order valence-electron chi connectivity index (χ0n) is 7.95. The van der Waals surface area contributed by atoms with Crippen LogP contribution >= 0.6 is 11.3 Å². The Hall–Kier alpha value is -1.48. The molecule has 0 saturated carbocycles. The van der Waals surface area contributed by atoms with Crippen LogP contribution in [0.3, 0.4) is 0 Å². The van der Waals surface area contributed by atoms with E-state index < -0.39 is 0 Å². The lowest BCUT2D eigenvalue weighted by molar-refractivity contribution is 1.55. The number of nitrogen functional groups attached to an aromatic ring is 2. The Kier molecular flexibility index (Phi) is 2.17. The number of anilines is 2. The molecule has 0 radical (unpaired) electrons. The van der Waals surface area contributed by atoms with E-state index in [0.717, 1.165) is 11.3 Å². The third-order valence-electron chi connectivity index (χ3n) is 2.07. The number of nitrogens with two attached hydrogens (primary N) is 2. The zero-order chi connectivity index (χ0) is 10.1. The Morgan fingerprint density at radius 2 is 1.93 bits per heavy atom. The standard InChI is InChI=1S/C11H12N2S/c1-7-4-11(14-6-7)9-3-2-8(12)5-10(9)13/h2-6H,12-13H2,1H3. The van der Waals surface area contributed by atoms with Crippen LogP contribution in [0, 0.1) is 6.92 Å². The zero-order valence-corrected chi connectivity index (χ0v) is 8.77. The molecule has 14 heavy (non-hydrogen) atoms. The first-order valence-corrected chi connectivity index (χ1v) is 5.25. The summed E-state index contributed by atoms with van der Waals surface area (Å²) in [6.07, 6.45) is 0. The van der Waals surface area contributed by atoms with Crippen molar-refractivity contribution < 1.29 is 0 Å². The van der Waals surface area contributed by atoms with Gasteiger partial charge < -0.3 is 11.5 Å². The van der Waals surface area contributed by atoms with Crippen molar-refractivity contribution in [3.63, 3.8) is 0 Å². The molecule has 2 rings (SSSR count). The van der Waals surface area contributed by atoms with Crippen LogP contribution in [0.5, 0.6) is 0 Å².